The number of hydrogen-bond acceptors (Lipinski definition) is 3. The van der Waals surface area contributed by atoms with Crippen molar-refractivity contribution in [3.8, 4) is 0 Å². The monoisotopic (exact) mass is 351 g/mol. The number of rotatable bonds is 4. The third-order valence-electron chi connectivity index (χ3n) is 5.46. The lowest BCUT2D eigenvalue weighted by atomic mass is 9.84. The van der Waals surface area contributed by atoms with Crippen LogP contribution in [0.5, 0.6) is 0 Å². The fourth-order valence-electron chi connectivity index (χ4n) is 3.74. The van der Waals surface area contributed by atoms with Gasteiger partial charge in [-0.15, -0.1) is 0 Å². The van der Waals surface area contributed by atoms with E-state index in [0.717, 1.165) is 37.5 Å². The first-order valence-electron chi connectivity index (χ1n) is 8.96. The number of ether oxygens (including phenoxy) is 2. The highest BCUT2D eigenvalue weighted by Gasteiger charge is 2.50. The third-order valence-corrected chi connectivity index (χ3v) is 5.46. The van der Waals surface area contributed by atoms with E-state index in [9.17, 15) is 13.6 Å². The molecule has 1 unspecified atom stereocenters. The summed E-state index contributed by atoms with van der Waals surface area (Å²) in [5.74, 6) is -1.46. The fraction of sp³-hybridized carbons (Fsp3) is 0.632. The van der Waals surface area contributed by atoms with Crippen LogP contribution < -0.4 is 0 Å². The molecule has 4 rings (SSSR count). The minimum Gasteiger partial charge on any atom is -0.378 e. The van der Waals surface area contributed by atoms with Gasteiger partial charge in [-0.2, -0.15) is 0 Å². The maximum absolute atomic E-state index is 13.5. The molecule has 1 spiro atoms. The van der Waals surface area contributed by atoms with Crippen molar-refractivity contribution in [2.75, 3.05) is 26.3 Å². The Balaban J connectivity index is 1.37. The Kier molecular flexibility index (Phi) is 4.28. The second-order valence-corrected chi connectivity index (χ2v) is 7.67. The zero-order valence-corrected chi connectivity index (χ0v) is 14.4. The molecular formula is C19H23F2NO3. The van der Waals surface area contributed by atoms with Gasteiger partial charge in [0.25, 0.3) is 5.91 Å². The van der Waals surface area contributed by atoms with Gasteiger partial charge in [0.2, 0.25) is 0 Å². The Bertz CT molecular complexity index is 683. The Morgan fingerprint density at radius 3 is 2.72 bits per heavy atom. The number of benzene rings is 1. The van der Waals surface area contributed by atoms with Crippen molar-refractivity contribution in [2.24, 2.45) is 5.92 Å². The van der Waals surface area contributed by atoms with E-state index in [1.165, 1.54) is 12.8 Å². The molecule has 25 heavy (non-hydrogen) atoms. The van der Waals surface area contributed by atoms with Crippen LogP contribution in [0.15, 0.2) is 12.1 Å². The van der Waals surface area contributed by atoms with Gasteiger partial charge in [0.1, 0.15) is 5.60 Å². The molecule has 0 aromatic heterocycles. The number of aryl methyl sites for hydroxylation is 1. The molecule has 3 aliphatic rings. The normalized spacial score (nSPS) is 25.1. The van der Waals surface area contributed by atoms with Crippen LogP contribution in [0.4, 0.5) is 8.78 Å². The van der Waals surface area contributed by atoms with Crippen molar-refractivity contribution in [1.82, 2.24) is 4.90 Å². The van der Waals surface area contributed by atoms with Gasteiger partial charge in [-0.05, 0) is 49.8 Å². The molecule has 1 amide bonds. The van der Waals surface area contributed by atoms with Gasteiger partial charge in [-0.1, -0.05) is 0 Å². The highest BCUT2D eigenvalue weighted by molar-refractivity contribution is 5.96. The van der Waals surface area contributed by atoms with E-state index in [1.807, 2.05) is 0 Å². The SMILES string of the molecule is Cc1cc(F)c(F)cc1C(=O)N1CC2(CC(OCC3CC3)CCO2)C1. The van der Waals surface area contributed by atoms with Gasteiger partial charge in [0.05, 0.1) is 19.2 Å². The van der Waals surface area contributed by atoms with E-state index < -0.39 is 11.6 Å². The first kappa shape index (κ1) is 16.9. The molecule has 3 fully saturated rings. The van der Waals surface area contributed by atoms with Gasteiger partial charge in [-0.25, -0.2) is 8.78 Å². The number of halogens is 2. The van der Waals surface area contributed by atoms with Gasteiger partial charge in [-0.3, -0.25) is 4.79 Å². The van der Waals surface area contributed by atoms with E-state index in [1.54, 1.807) is 11.8 Å². The Morgan fingerprint density at radius 2 is 2.00 bits per heavy atom. The van der Waals surface area contributed by atoms with Gasteiger partial charge in [0.15, 0.2) is 11.6 Å². The third kappa shape index (κ3) is 3.42. The lowest BCUT2D eigenvalue weighted by Gasteiger charge is -2.53. The van der Waals surface area contributed by atoms with Crippen LogP contribution in [0.2, 0.25) is 0 Å². The van der Waals surface area contributed by atoms with E-state index in [4.69, 9.17) is 9.47 Å². The molecule has 1 atom stereocenters. The second kappa shape index (κ2) is 6.32. The fourth-order valence-corrected chi connectivity index (χ4v) is 3.74. The van der Waals surface area contributed by atoms with Crippen molar-refractivity contribution in [3.05, 3.63) is 34.9 Å². The molecule has 1 saturated carbocycles. The maximum atomic E-state index is 13.5. The van der Waals surface area contributed by atoms with Gasteiger partial charge in [0, 0.05) is 25.2 Å². The average molecular weight is 351 g/mol. The summed E-state index contributed by atoms with van der Waals surface area (Å²) in [4.78, 5) is 14.2. The van der Waals surface area contributed by atoms with E-state index in [2.05, 4.69) is 0 Å². The topological polar surface area (TPSA) is 38.8 Å². The predicted molar refractivity (Wildman–Crippen MR) is 87.4 cm³/mol. The number of hydrogen-bond donors (Lipinski definition) is 0. The van der Waals surface area contributed by atoms with E-state index in [0.29, 0.717) is 25.3 Å². The van der Waals surface area contributed by atoms with E-state index >= 15 is 0 Å². The molecule has 0 radical (unpaired) electrons. The van der Waals surface area contributed by atoms with Crippen LogP contribution in [-0.4, -0.2) is 48.8 Å². The summed E-state index contributed by atoms with van der Waals surface area (Å²) < 4.78 is 38.6. The highest BCUT2D eigenvalue weighted by Crippen LogP contribution is 2.37. The number of nitrogens with zero attached hydrogens (tertiary/aromatic N) is 1. The van der Waals surface area contributed by atoms with Crippen molar-refractivity contribution in [1.29, 1.82) is 0 Å². The van der Waals surface area contributed by atoms with Gasteiger partial charge < -0.3 is 14.4 Å². The number of likely N-dealkylation sites (tertiary alicyclic amines) is 1. The number of carbonyl (C=O) groups excluding carboxylic acids is 1. The van der Waals surface area contributed by atoms with Crippen molar-refractivity contribution < 1.29 is 23.0 Å². The van der Waals surface area contributed by atoms with Crippen molar-refractivity contribution in [3.63, 3.8) is 0 Å². The molecule has 2 heterocycles. The second-order valence-electron chi connectivity index (χ2n) is 7.67. The first-order valence-corrected chi connectivity index (χ1v) is 8.96. The van der Waals surface area contributed by atoms with Crippen molar-refractivity contribution >= 4 is 5.91 Å². The summed E-state index contributed by atoms with van der Waals surface area (Å²) in [6.07, 6.45) is 4.41. The quantitative estimate of drug-likeness (QED) is 0.837. The first-order chi connectivity index (χ1) is 12.0. The molecule has 6 heteroatoms. The van der Waals surface area contributed by atoms with Crippen LogP contribution in [0.3, 0.4) is 0 Å². The molecule has 0 N–H and O–H groups in total. The molecular weight excluding hydrogens is 328 g/mol. The van der Waals surface area contributed by atoms with Crippen LogP contribution in [0.25, 0.3) is 0 Å². The number of carbonyl (C=O) groups is 1. The Labute approximate surface area is 146 Å². The number of amides is 1. The Morgan fingerprint density at radius 1 is 1.28 bits per heavy atom. The minimum atomic E-state index is -0.994. The standard InChI is InChI=1S/C19H23F2NO3/c1-12-6-16(20)17(21)7-15(12)18(23)22-10-19(11-22)8-14(4-5-25-19)24-9-13-2-3-13/h6-7,13-14H,2-5,8-11H2,1H3. The van der Waals surface area contributed by atoms with Crippen LogP contribution in [-0.2, 0) is 9.47 Å². The molecule has 1 aliphatic carbocycles. The largest absolute Gasteiger partial charge is 0.378 e. The van der Waals surface area contributed by atoms with Crippen LogP contribution in [0.1, 0.15) is 41.6 Å². The summed E-state index contributed by atoms with van der Waals surface area (Å²) >= 11 is 0. The molecule has 1 aromatic rings. The summed E-state index contributed by atoms with van der Waals surface area (Å²) in [7, 11) is 0. The molecule has 1 aromatic carbocycles. The lowest BCUT2D eigenvalue weighted by Crippen LogP contribution is -2.67. The molecule has 0 bridgehead atoms. The lowest BCUT2D eigenvalue weighted by molar-refractivity contribution is -0.186. The summed E-state index contributed by atoms with van der Waals surface area (Å²) in [6.45, 7) is 4.05. The highest BCUT2D eigenvalue weighted by atomic mass is 19.2. The summed E-state index contributed by atoms with van der Waals surface area (Å²) in [5, 5.41) is 0. The van der Waals surface area contributed by atoms with E-state index in [-0.39, 0.29) is 23.2 Å². The molecule has 4 nitrogen and oxygen atoms in total. The van der Waals surface area contributed by atoms with Crippen molar-refractivity contribution in [2.45, 2.75) is 44.3 Å². The predicted octanol–water partition coefficient (Wildman–Crippen LogP) is 3.07. The minimum absolute atomic E-state index is 0.191. The summed E-state index contributed by atoms with van der Waals surface area (Å²) in [5.41, 5.74) is 0.320. The van der Waals surface area contributed by atoms with Crippen LogP contribution >= 0.6 is 0 Å². The zero-order valence-electron chi connectivity index (χ0n) is 14.4. The summed E-state index contributed by atoms with van der Waals surface area (Å²) in [6, 6.07) is 2.05. The van der Waals surface area contributed by atoms with Gasteiger partial charge >= 0.3 is 0 Å². The zero-order chi connectivity index (χ0) is 17.6. The van der Waals surface area contributed by atoms with Crippen LogP contribution in [0, 0.1) is 24.5 Å². The Hall–Kier alpha value is -1.53. The smallest absolute Gasteiger partial charge is 0.254 e. The molecule has 2 aliphatic heterocycles. The molecule has 136 valence electrons. The molecule has 2 saturated heterocycles. The average Bonchev–Trinajstić information content (AvgIpc) is 3.38. The maximum Gasteiger partial charge on any atom is 0.254 e.